The summed E-state index contributed by atoms with van der Waals surface area (Å²) in [6, 6.07) is 8.77. The fraction of sp³-hybridized carbons (Fsp3) is 0.333. The monoisotopic (exact) mass is 570 g/mol. The van der Waals surface area contributed by atoms with Crippen LogP contribution in [0.25, 0.3) is 0 Å². The van der Waals surface area contributed by atoms with Gasteiger partial charge in [0.05, 0.1) is 18.8 Å². The minimum atomic E-state index is -0.966. The van der Waals surface area contributed by atoms with Crippen molar-refractivity contribution < 1.29 is 52.8 Å². The van der Waals surface area contributed by atoms with Crippen molar-refractivity contribution in [3.63, 3.8) is 0 Å². The van der Waals surface area contributed by atoms with Crippen molar-refractivity contribution in [2.24, 2.45) is 5.73 Å². The van der Waals surface area contributed by atoms with Crippen molar-refractivity contribution in [3.8, 4) is 17.2 Å². The van der Waals surface area contributed by atoms with Gasteiger partial charge in [0, 0.05) is 6.92 Å². The first-order chi connectivity index (χ1) is 18.1. The Labute approximate surface area is 228 Å². The summed E-state index contributed by atoms with van der Waals surface area (Å²) < 4.78 is 25.6. The first kappa shape index (κ1) is 32.6. The molecule has 0 aliphatic rings. The third kappa shape index (κ3) is 11.2. The molecule has 0 aliphatic carbocycles. The van der Waals surface area contributed by atoms with Gasteiger partial charge in [-0.05, 0) is 50.1 Å². The first-order valence-electron chi connectivity index (χ1n) is 11.2. The molecule has 15 heteroatoms. The SMILES string of the molecule is CC(=O)Oc1ccccc1C(=O)OCOC(=O)c1ccc(OCCCCO[N+](=O)[O-])c(OC(=O)C(C)N)c1.Cl. The maximum atomic E-state index is 12.5. The van der Waals surface area contributed by atoms with Crippen LogP contribution >= 0.6 is 12.4 Å². The van der Waals surface area contributed by atoms with Crippen molar-refractivity contribution in [1.82, 2.24) is 0 Å². The molecule has 0 aliphatic heterocycles. The fourth-order valence-electron chi connectivity index (χ4n) is 2.74. The lowest BCUT2D eigenvalue weighted by molar-refractivity contribution is -0.757. The maximum Gasteiger partial charge on any atom is 0.344 e. The molecule has 14 nitrogen and oxygen atoms in total. The van der Waals surface area contributed by atoms with Crippen molar-refractivity contribution in [2.45, 2.75) is 32.7 Å². The molecular formula is C24H27ClN2O12. The quantitative estimate of drug-likeness (QED) is 0.0870. The molecule has 0 bridgehead atoms. The molecule has 2 rings (SSSR count). The van der Waals surface area contributed by atoms with Gasteiger partial charge in [-0.15, -0.1) is 22.5 Å². The summed E-state index contributed by atoms with van der Waals surface area (Å²) in [7, 11) is 0. The molecule has 0 fully saturated rings. The zero-order valence-corrected chi connectivity index (χ0v) is 21.8. The Balaban J connectivity index is 0.00000760. The molecule has 212 valence electrons. The van der Waals surface area contributed by atoms with Gasteiger partial charge in [-0.3, -0.25) is 4.79 Å². The Morgan fingerprint density at radius 3 is 2.26 bits per heavy atom. The highest BCUT2D eigenvalue weighted by Gasteiger charge is 2.19. The lowest BCUT2D eigenvalue weighted by Crippen LogP contribution is -2.31. The smallest absolute Gasteiger partial charge is 0.344 e. The largest absolute Gasteiger partial charge is 0.490 e. The molecule has 0 saturated heterocycles. The lowest BCUT2D eigenvalue weighted by atomic mass is 10.2. The summed E-state index contributed by atoms with van der Waals surface area (Å²) in [6.45, 7) is 1.83. The van der Waals surface area contributed by atoms with Crippen LogP contribution in [0.2, 0.25) is 0 Å². The van der Waals surface area contributed by atoms with Crippen molar-refractivity contribution in [1.29, 1.82) is 0 Å². The lowest BCUT2D eigenvalue weighted by Gasteiger charge is -2.14. The van der Waals surface area contributed by atoms with Crippen LogP contribution in [-0.4, -0.2) is 55.0 Å². The number of benzene rings is 2. The predicted molar refractivity (Wildman–Crippen MR) is 134 cm³/mol. The average Bonchev–Trinajstić information content (AvgIpc) is 2.86. The van der Waals surface area contributed by atoms with E-state index in [0.717, 1.165) is 0 Å². The number of nitrogens with two attached hydrogens (primary N) is 1. The number of esters is 4. The molecule has 39 heavy (non-hydrogen) atoms. The second-order valence-corrected chi connectivity index (χ2v) is 7.55. The van der Waals surface area contributed by atoms with E-state index < -0.39 is 41.8 Å². The predicted octanol–water partition coefficient (Wildman–Crippen LogP) is 2.62. The number of ether oxygens (including phenoxy) is 5. The van der Waals surface area contributed by atoms with E-state index >= 15 is 0 Å². The van der Waals surface area contributed by atoms with E-state index in [-0.39, 0.29) is 54.0 Å². The summed E-state index contributed by atoms with van der Waals surface area (Å²) in [5.41, 5.74) is 5.44. The maximum absolute atomic E-state index is 12.5. The molecule has 2 aromatic carbocycles. The van der Waals surface area contributed by atoms with Crippen LogP contribution in [0.4, 0.5) is 0 Å². The van der Waals surface area contributed by atoms with Gasteiger partial charge in [-0.25, -0.2) is 14.4 Å². The van der Waals surface area contributed by atoms with Gasteiger partial charge in [0.15, 0.2) is 11.5 Å². The minimum Gasteiger partial charge on any atom is -0.490 e. The summed E-state index contributed by atoms with van der Waals surface area (Å²) in [5, 5.41) is 9.27. The molecule has 0 radical (unpaired) electrons. The second kappa shape index (κ2) is 16.4. The van der Waals surface area contributed by atoms with Gasteiger partial charge in [-0.2, -0.15) is 0 Å². The van der Waals surface area contributed by atoms with Gasteiger partial charge >= 0.3 is 23.9 Å². The number of carbonyl (C=O) groups excluding carboxylic acids is 4. The molecule has 1 unspecified atom stereocenters. The van der Waals surface area contributed by atoms with Gasteiger partial charge < -0.3 is 34.3 Å². The van der Waals surface area contributed by atoms with E-state index in [1.54, 1.807) is 6.07 Å². The number of unbranched alkanes of at least 4 members (excludes halogenated alkanes) is 1. The van der Waals surface area contributed by atoms with Crippen LogP contribution in [-0.2, 0) is 23.9 Å². The number of para-hydroxylation sites is 1. The third-order valence-corrected chi connectivity index (χ3v) is 4.50. The van der Waals surface area contributed by atoms with Crippen LogP contribution < -0.4 is 19.9 Å². The molecule has 2 N–H and O–H groups in total. The molecule has 0 spiro atoms. The Morgan fingerprint density at radius 2 is 1.59 bits per heavy atom. The van der Waals surface area contributed by atoms with Crippen LogP contribution in [0.1, 0.15) is 47.4 Å². The summed E-state index contributed by atoms with van der Waals surface area (Å²) in [6.07, 6.45) is 0.731. The van der Waals surface area contributed by atoms with E-state index in [0.29, 0.717) is 12.8 Å². The Hall–Kier alpha value is -4.43. The molecule has 0 saturated carbocycles. The number of carbonyl (C=O) groups is 4. The number of hydrogen-bond acceptors (Lipinski definition) is 13. The van der Waals surface area contributed by atoms with E-state index in [9.17, 15) is 29.3 Å². The van der Waals surface area contributed by atoms with Gasteiger partial charge in [-0.1, -0.05) is 12.1 Å². The topological polar surface area (TPSA) is 193 Å². The van der Waals surface area contributed by atoms with Crippen LogP contribution in [0.15, 0.2) is 42.5 Å². The highest BCUT2D eigenvalue weighted by atomic mass is 35.5. The number of rotatable bonds is 14. The Kier molecular flexibility index (Phi) is 13.7. The molecule has 0 heterocycles. The van der Waals surface area contributed by atoms with E-state index in [1.807, 2.05) is 0 Å². The Bertz CT molecular complexity index is 1170. The molecule has 0 aromatic heterocycles. The van der Waals surface area contributed by atoms with E-state index in [4.69, 9.17) is 29.4 Å². The molecule has 1 atom stereocenters. The molecular weight excluding hydrogens is 544 g/mol. The van der Waals surface area contributed by atoms with Gasteiger partial charge in [0.1, 0.15) is 17.4 Å². The van der Waals surface area contributed by atoms with Gasteiger partial charge in [0.2, 0.25) is 6.79 Å². The average molecular weight is 571 g/mol. The third-order valence-electron chi connectivity index (χ3n) is 4.50. The van der Waals surface area contributed by atoms with Crippen molar-refractivity contribution in [2.75, 3.05) is 20.0 Å². The number of halogens is 1. The Morgan fingerprint density at radius 1 is 0.923 bits per heavy atom. The van der Waals surface area contributed by atoms with Crippen LogP contribution in [0.5, 0.6) is 17.2 Å². The second-order valence-electron chi connectivity index (χ2n) is 7.55. The first-order valence-corrected chi connectivity index (χ1v) is 11.2. The fourth-order valence-corrected chi connectivity index (χ4v) is 2.74. The van der Waals surface area contributed by atoms with Crippen LogP contribution in [0.3, 0.4) is 0 Å². The number of hydrogen-bond donors (Lipinski definition) is 1. The highest BCUT2D eigenvalue weighted by molar-refractivity contribution is 5.94. The summed E-state index contributed by atoms with van der Waals surface area (Å²) in [5.74, 6) is -3.25. The van der Waals surface area contributed by atoms with E-state index in [2.05, 4.69) is 4.84 Å². The summed E-state index contributed by atoms with van der Waals surface area (Å²) in [4.78, 5) is 62.4. The van der Waals surface area contributed by atoms with Gasteiger partial charge in [0.25, 0.3) is 5.09 Å². The van der Waals surface area contributed by atoms with Crippen LogP contribution in [0, 0.1) is 10.1 Å². The standard InChI is InChI=1S/C24H26N2O12.ClH/c1-15(25)22(28)38-21-13-17(9-10-20(21)33-11-5-6-12-36-26(31)32)23(29)34-14-35-24(30)18-7-3-4-8-19(18)37-16(2)27;/h3-4,7-10,13,15H,5-6,11-12,14,25H2,1-2H3;1H. The highest BCUT2D eigenvalue weighted by Crippen LogP contribution is 2.29. The normalized spacial score (nSPS) is 10.7. The van der Waals surface area contributed by atoms with E-state index in [1.165, 1.54) is 50.2 Å². The van der Waals surface area contributed by atoms with Crippen molar-refractivity contribution >= 4 is 36.3 Å². The van der Waals surface area contributed by atoms with Crippen molar-refractivity contribution in [3.05, 3.63) is 63.7 Å². The zero-order chi connectivity index (χ0) is 28.1. The molecule has 2 aromatic rings. The minimum absolute atomic E-state index is 0. The summed E-state index contributed by atoms with van der Waals surface area (Å²) >= 11 is 0. The zero-order valence-electron chi connectivity index (χ0n) is 21.0. The number of nitrogens with zero attached hydrogens (tertiary/aromatic N) is 1. The molecule has 0 amide bonds.